The van der Waals surface area contributed by atoms with Crippen molar-refractivity contribution < 1.29 is 4.74 Å². The van der Waals surface area contributed by atoms with Gasteiger partial charge in [0.25, 0.3) is 0 Å². The van der Waals surface area contributed by atoms with E-state index in [4.69, 9.17) is 10.5 Å². The second-order valence-corrected chi connectivity index (χ2v) is 5.89. The maximum atomic E-state index is 6.01. The molecule has 1 fully saturated rings. The molecule has 0 aliphatic carbocycles. The molecular formula is C14H21NOS. The maximum Gasteiger partial charge on any atom is 0.0476 e. The summed E-state index contributed by atoms with van der Waals surface area (Å²) in [4.78, 5) is 1.35. The number of thioether (sulfide) groups is 1. The van der Waals surface area contributed by atoms with E-state index in [2.05, 4.69) is 31.2 Å². The van der Waals surface area contributed by atoms with Gasteiger partial charge in [0.1, 0.15) is 0 Å². The minimum absolute atomic E-state index is 0.178. The van der Waals surface area contributed by atoms with Crippen molar-refractivity contribution in [3.05, 3.63) is 29.8 Å². The molecule has 0 radical (unpaired) electrons. The highest BCUT2D eigenvalue weighted by Crippen LogP contribution is 2.30. The molecule has 1 aromatic carbocycles. The molecule has 0 bridgehead atoms. The molecule has 1 aliphatic rings. The molecule has 2 N–H and O–H groups in total. The monoisotopic (exact) mass is 251 g/mol. The highest BCUT2D eigenvalue weighted by atomic mass is 32.2. The zero-order chi connectivity index (χ0) is 12.1. The number of hydrogen-bond acceptors (Lipinski definition) is 3. The van der Waals surface area contributed by atoms with Crippen molar-refractivity contribution in [2.75, 3.05) is 13.2 Å². The van der Waals surface area contributed by atoms with Crippen LogP contribution in [0.25, 0.3) is 0 Å². The topological polar surface area (TPSA) is 35.2 Å². The van der Waals surface area contributed by atoms with Crippen LogP contribution >= 0.6 is 11.8 Å². The van der Waals surface area contributed by atoms with Gasteiger partial charge in [0.15, 0.2) is 0 Å². The summed E-state index contributed by atoms with van der Waals surface area (Å²) in [6.45, 7) is 3.95. The zero-order valence-electron chi connectivity index (χ0n) is 10.4. The largest absolute Gasteiger partial charge is 0.381 e. The third kappa shape index (κ3) is 3.73. The fraction of sp³-hybridized carbons (Fsp3) is 0.571. The molecule has 17 heavy (non-hydrogen) atoms. The predicted molar refractivity (Wildman–Crippen MR) is 73.4 cm³/mol. The Morgan fingerprint density at radius 3 is 2.53 bits per heavy atom. The molecule has 1 atom stereocenters. The molecule has 1 aromatic rings. The number of hydrogen-bond donors (Lipinski definition) is 1. The quantitative estimate of drug-likeness (QED) is 0.891. The maximum absolute atomic E-state index is 6.01. The highest BCUT2D eigenvalue weighted by molar-refractivity contribution is 8.00. The van der Waals surface area contributed by atoms with Gasteiger partial charge in [0, 0.05) is 29.4 Å². The van der Waals surface area contributed by atoms with Crippen LogP contribution in [0.3, 0.4) is 0 Å². The summed E-state index contributed by atoms with van der Waals surface area (Å²) in [5.74, 6) is 0. The lowest BCUT2D eigenvalue weighted by Crippen LogP contribution is -2.17. The molecule has 3 heteroatoms. The molecule has 2 nitrogen and oxygen atoms in total. The van der Waals surface area contributed by atoms with E-state index in [1.165, 1.54) is 23.3 Å². The summed E-state index contributed by atoms with van der Waals surface area (Å²) in [7, 11) is 0. The fourth-order valence-electron chi connectivity index (χ4n) is 2.02. The van der Waals surface area contributed by atoms with Crippen molar-refractivity contribution in [2.45, 2.75) is 42.4 Å². The van der Waals surface area contributed by atoms with E-state index in [-0.39, 0.29) is 6.04 Å². The van der Waals surface area contributed by atoms with E-state index < -0.39 is 0 Å². The minimum Gasteiger partial charge on any atom is -0.381 e. The third-order valence-electron chi connectivity index (χ3n) is 3.22. The minimum atomic E-state index is 0.178. The first-order chi connectivity index (χ1) is 8.29. The third-order valence-corrected chi connectivity index (χ3v) is 4.57. The van der Waals surface area contributed by atoms with Crippen molar-refractivity contribution in [2.24, 2.45) is 5.73 Å². The van der Waals surface area contributed by atoms with Crippen LogP contribution in [-0.2, 0) is 4.74 Å². The van der Waals surface area contributed by atoms with Gasteiger partial charge in [-0.3, -0.25) is 0 Å². The summed E-state index contributed by atoms with van der Waals surface area (Å²) in [5, 5.41) is 0.717. The summed E-state index contributed by atoms with van der Waals surface area (Å²) in [6, 6.07) is 8.90. The van der Waals surface area contributed by atoms with Crippen molar-refractivity contribution in [1.29, 1.82) is 0 Å². The molecule has 94 valence electrons. The summed E-state index contributed by atoms with van der Waals surface area (Å²) in [5.41, 5.74) is 7.24. The van der Waals surface area contributed by atoms with E-state index in [1.54, 1.807) is 0 Å². The van der Waals surface area contributed by atoms with E-state index in [0.29, 0.717) is 0 Å². The van der Waals surface area contributed by atoms with E-state index in [9.17, 15) is 0 Å². The van der Waals surface area contributed by atoms with Crippen molar-refractivity contribution in [1.82, 2.24) is 0 Å². The van der Waals surface area contributed by atoms with Gasteiger partial charge in [-0.25, -0.2) is 0 Å². The molecule has 0 amide bonds. The number of benzene rings is 1. The molecule has 1 heterocycles. The van der Waals surface area contributed by atoms with Gasteiger partial charge >= 0.3 is 0 Å². The van der Waals surface area contributed by atoms with Gasteiger partial charge < -0.3 is 10.5 Å². The van der Waals surface area contributed by atoms with Gasteiger partial charge in [0.2, 0.25) is 0 Å². The zero-order valence-corrected chi connectivity index (χ0v) is 11.2. The average Bonchev–Trinajstić information content (AvgIpc) is 2.40. The van der Waals surface area contributed by atoms with Crippen LogP contribution in [0.15, 0.2) is 29.2 Å². The first kappa shape index (κ1) is 12.9. The van der Waals surface area contributed by atoms with Crippen LogP contribution in [0, 0.1) is 0 Å². The normalized spacial score (nSPS) is 19.2. The molecule has 0 unspecified atom stereocenters. The van der Waals surface area contributed by atoms with Crippen LogP contribution < -0.4 is 5.73 Å². The smallest absolute Gasteiger partial charge is 0.0476 e. The SMILES string of the molecule is CC[C@@H](N)c1ccc(SC2CCOCC2)cc1. The molecule has 0 saturated carbocycles. The van der Waals surface area contributed by atoms with Crippen LogP contribution in [-0.4, -0.2) is 18.5 Å². The Bertz CT molecular complexity index is 333. The van der Waals surface area contributed by atoms with Gasteiger partial charge in [-0.05, 0) is 37.0 Å². The lowest BCUT2D eigenvalue weighted by molar-refractivity contribution is 0.100. The Kier molecular flexibility index (Phi) is 4.89. The van der Waals surface area contributed by atoms with Crippen LogP contribution in [0.1, 0.15) is 37.8 Å². The van der Waals surface area contributed by atoms with Gasteiger partial charge in [-0.15, -0.1) is 11.8 Å². The molecule has 0 spiro atoms. The molecule has 0 aromatic heterocycles. The van der Waals surface area contributed by atoms with Crippen LogP contribution in [0.4, 0.5) is 0 Å². The highest BCUT2D eigenvalue weighted by Gasteiger charge is 2.14. The summed E-state index contributed by atoms with van der Waals surface area (Å²) < 4.78 is 5.37. The Hall–Kier alpha value is -0.510. The number of nitrogens with two attached hydrogens (primary N) is 1. The summed E-state index contributed by atoms with van der Waals surface area (Å²) >= 11 is 1.97. The van der Waals surface area contributed by atoms with Crippen LogP contribution in [0.2, 0.25) is 0 Å². The Labute approximate surface area is 108 Å². The van der Waals surface area contributed by atoms with Gasteiger partial charge in [0.05, 0.1) is 0 Å². The first-order valence-electron chi connectivity index (χ1n) is 6.39. The predicted octanol–water partition coefficient (Wildman–Crippen LogP) is 3.37. The lowest BCUT2D eigenvalue weighted by Gasteiger charge is -2.21. The first-order valence-corrected chi connectivity index (χ1v) is 7.27. The van der Waals surface area contributed by atoms with Crippen molar-refractivity contribution in [3.8, 4) is 0 Å². The molecular weight excluding hydrogens is 230 g/mol. The van der Waals surface area contributed by atoms with Crippen LogP contribution in [0.5, 0.6) is 0 Å². The lowest BCUT2D eigenvalue weighted by atomic mass is 10.1. The van der Waals surface area contributed by atoms with Crippen molar-refractivity contribution in [3.63, 3.8) is 0 Å². The van der Waals surface area contributed by atoms with Gasteiger partial charge in [-0.1, -0.05) is 19.1 Å². The Morgan fingerprint density at radius 2 is 1.94 bits per heavy atom. The summed E-state index contributed by atoms with van der Waals surface area (Å²) in [6.07, 6.45) is 3.33. The second kappa shape index (κ2) is 6.43. The number of ether oxygens (including phenoxy) is 1. The Balaban J connectivity index is 1.93. The average molecular weight is 251 g/mol. The van der Waals surface area contributed by atoms with E-state index >= 15 is 0 Å². The van der Waals surface area contributed by atoms with Gasteiger partial charge in [-0.2, -0.15) is 0 Å². The molecule has 1 aliphatic heterocycles. The van der Waals surface area contributed by atoms with Crippen molar-refractivity contribution >= 4 is 11.8 Å². The van der Waals surface area contributed by atoms with E-state index in [0.717, 1.165) is 24.9 Å². The molecule has 2 rings (SSSR count). The number of rotatable bonds is 4. The second-order valence-electron chi connectivity index (χ2n) is 4.51. The van der Waals surface area contributed by atoms with E-state index in [1.807, 2.05) is 11.8 Å². The Morgan fingerprint density at radius 1 is 1.29 bits per heavy atom. The fourth-order valence-corrected chi connectivity index (χ4v) is 3.12. The molecule has 1 saturated heterocycles. The standard InChI is InChI=1S/C14H21NOS/c1-2-14(15)11-3-5-12(6-4-11)17-13-7-9-16-10-8-13/h3-6,13-14H,2,7-10,15H2,1H3/t14-/m1/s1.